The molecule has 1 atom stereocenters. The lowest BCUT2D eigenvalue weighted by Crippen LogP contribution is -2.12. The van der Waals surface area contributed by atoms with Gasteiger partial charge in [0.1, 0.15) is 5.75 Å². The fourth-order valence-electron chi connectivity index (χ4n) is 1.18. The standard InChI is InChI=1S/C11H14O4/c1-2-7-15-9-6-4-3-5-8(9)10(12)11(13)14/h3-6,10,12H,2,7H2,1H3,(H,13,14)/t10-/m1/s1. The SMILES string of the molecule is CCCOc1ccccc1[C@@H](O)C(=O)O. The zero-order chi connectivity index (χ0) is 11.3. The summed E-state index contributed by atoms with van der Waals surface area (Å²) in [6.07, 6.45) is -0.699. The zero-order valence-electron chi connectivity index (χ0n) is 8.51. The fraction of sp³-hybridized carbons (Fsp3) is 0.364. The van der Waals surface area contributed by atoms with E-state index in [9.17, 15) is 9.90 Å². The molecule has 4 heteroatoms. The van der Waals surface area contributed by atoms with Gasteiger partial charge in [-0.3, -0.25) is 0 Å². The molecule has 0 saturated heterocycles. The summed E-state index contributed by atoms with van der Waals surface area (Å²) in [6, 6.07) is 6.60. The van der Waals surface area contributed by atoms with Gasteiger partial charge in [-0.25, -0.2) is 4.79 Å². The second kappa shape index (κ2) is 5.36. The molecule has 0 aromatic heterocycles. The smallest absolute Gasteiger partial charge is 0.337 e. The number of carboxylic acid groups (broad SMARTS) is 1. The van der Waals surface area contributed by atoms with Gasteiger partial charge in [-0.05, 0) is 12.5 Å². The second-order valence-corrected chi connectivity index (χ2v) is 3.13. The molecule has 0 fully saturated rings. The molecule has 0 aliphatic carbocycles. The van der Waals surface area contributed by atoms with Crippen molar-refractivity contribution in [2.24, 2.45) is 0 Å². The molecular formula is C11H14O4. The second-order valence-electron chi connectivity index (χ2n) is 3.13. The molecule has 0 spiro atoms. The third-order valence-electron chi connectivity index (χ3n) is 1.91. The van der Waals surface area contributed by atoms with Crippen molar-refractivity contribution in [3.8, 4) is 5.75 Å². The maximum atomic E-state index is 10.6. The molecule has 4 nitrogen and oxygen atoms in total. The van der Waals surface area contributed by atoms with Crippen molar-refractivity contribution >= 4 is 5.97 Å². The lowest BCUT2D eigenvalue weighted by atomic mass is 10.1. The Bertz CT molecular complexity index is 335. The Morgan fingerprint density at radius 1 is 1.47 bits per heavy atom. The molecule has 0 radical (unpaired) electrons. The lowest BCUT2D eigenvalue weighted by Gasteiger charge is -2.12. The highest BCUT2D eigenvalue weighted by molar-refractivity contribution is 5.75. The van der Waals surface area contributed by atoms with Crippen molar-refractivity contribution in [1.82, 2.24) is 0 Å². The van der Waals surface area contributed by atoms with Crippen LogP contribution in [0, 0.1) is 0 Å². The van der Waals surface area contributed by atoms with Crippen LogP contribution in [0.3, 0.4) is 0 Å². The van der Waals surface area contributed by atoms with Gasteiger partial charge in [0.15, 0.2) is 6.10 Å². The highest BCUT2D eigenvalue weighted by atomic mass is 16.5. The first-order chi connectivity index (χ1) is 7.16. The normalized spacial score (nSPS) is 12.1. The van der Waals surface area contributed by atoms with E-state index in [0.717, 1.165) is 6.42 Å². The molecule has 2 N–H and O–H groups in total. The molecule has 0 unspecified atom stereocenters. The van der Waals surface area contributed by atoms with E-state index in [2.05, 4.69) is 0 Å². The van der Waals surface area contributed by atoms with Gasteiger partial charge in [0, 0.05) is 5.56 Å². The fourth-order valence-corrected chi connectivity index (χ4v) is 1.18. The predicted octanol–water partition coefficient (Wildman–Crippen LogP) is 1.59. The topological polar surface area (TPSA) is 66.8 Å². The number of aliphatic hydroxyl groups excluding tert-OH is 1. The molecule has 0 bridgehead atoms. The van der Waals surface area contributed by atoms with Crippen LogP contribution < -0.4 is 4.74 Å². The van der Waals surface area contributed by atoms with Gasteiger partial charge < -0.3 is 14.9 Å². The van der Waals surface area contributed by atoms with Gasteiger partial charge in [0.05, 0.1) is 6.61 Å². The van der Waals surface area contributed by atoms with E-state index >= 15 is 0 Å². The average Bonchev–Trinajstić information content (AvgIpc) is 2.25. The predicted molar refractivity (Wildman–Crippen MR) is 54.8 cm³/mol. The van der Waals surface area contributed by atoms with Crippen molar-refractivity contribution < 1.29 is 19.7 Å². The first kappa shape index (κ1) is 11.5. The maximum Gasteiger partial charge on any atom is 0.337 e. The summed E-state index contributed by atoms with van der Waals surface area (Å²) in [7, 11) is 0. The molecule has 1 rings (SSSR count). The summed E-state index contributed by atoms with van der Waals surface area (Å²) >= 11 is 0. The minimum absolute atomic E-state index is 0.290. The number of rotatable bonds is 5. The van der Waals surface area contributed by atoms with Crippen LogP contribution in [0.4, 0.5) is 0 Å². The Morgan fingerprint density at radius 3 is 2.73 bits per heavy atom. The number of hydrogen-bond acceptors (Lipinski definition) is 3. The highest BCUT2D eigenvalue weighted by Crippen LogP contribution is 2.25. The van der Waals surface area contributed by atoms with Gasteiger partial charge in [0.25, 0.3) is 0 Å². The van der Waals surface area contributed by atoms with E-state index in [1.165, 1.54) is 0 Å². The van der Waals surface area contributed by atoms with Crippen LogP contribution >= 0.6 is 0 Å². The Labute approximate surface area is 88.1 Å². The van der Waals surface area contributed by atoms with E-state index in [4.69, 9.17) is 9.84 Å². The van der Waals surface area contributed by atoms with E-state index in [-0.39, 0.29) is 0 Å². The Kier molecular flexibility index (Phi) is 4.12. The maximum absolute atomic E-state index is 10.6. The number of ether oxygens (including phenoxy) is 1. The van der Waals surface area contributed by atoms with Crippen LogP contribution in [-0.4, -0.2) is 22.8 Å². The summed E-state index contributed by atoms with van der Waals surface area (Å²) in [5, 5.41) is 18.1. The average molecular weight is 210 g/mol. The molecular weight excluding hydrogens is 196 g/mol. The van der Waals surface area contributed by atoms with Gasteiger partial charge in [-0.2, -0.15) is 0 Å². The Morgan fingerprint density at radius 2 is 2.13 bits per heavy atom. The van der Waals surface area contributed by atoms with Crippen LogP contribution in [0.1, 0.15) is 25.0 Å². The van der Waals surface area contributed by atoms with Crippen LogP contribution in [0.2, 0.25) is 0 Å². The number of aliphatic hydroxyl groups is 1. The van der Waals surface area contributed by atoms with Crippen molar-refractivity contribution in [2.45, 2.75) is 19.4 Å². The Balaban J connectivity index is 2.90. The monoisotopic (exact) mass is 210 g/mol. The van der Waals surface area contributed by atoms with E-state index in [1.807, 2.05) is 6.92 Å². The summed E-state index contributed by atoms with van der Waals surface area (Å²) in [6.45, 7) is 2.46. The molecule has 1 aromatic carbocycles. The van der Waals surface area contributed by atoms with Crippen LogP contribution in [0.5, 0.6) is 5.75 Å². The molecule has 15 heavy (non-hydrogen) atoms. The number of carbonyl (C=O) groups is 1. The van der Waals surface area contributed by atoms with Crippen molar-refractivity contribution in [2.75, 3.05) is 6.61 Å². The number of carboxylic acids is 1. The number of hydrogen-bond donors (Lipinski definition) is 2. The summed E-state index contributed by atoms with van der Waals surface area (Å²) in [5.41, 5.74) is 0.290. The third-order valence-corrected chi connectivity index (χ3v) is 1.91. The van der Waals surface area contributed by atoms with Gasteiger partial charge in [-0.15, -0.1) is 0 Å². The van der Waals surface area contributed by atoms with Gasteiger partial charge in [-0.1, -0.05) is 25.1 Å². The van der Waals surface area contributed by atoms with Crippen molar-refractivity contribution in [3.05, 3.63) is 29.8 Å². The molecule has 0 amide bonds. The quantitative estimate of drug-likeness (QED) is 0.774. The number of para-hydroxylation sites is 1. The summed E-state index contributed by atoms with van der Waals surface area (Å²) < 4.78 is 5.33. The largest absolute Gasteiger partial charge is 0.493 e. The van der Waals surface area contributed by atoms with E-state index in [0.29, 0.717) is 17.9 Å². The van der Waals surface area contributed by atoms with Crippen LogP contribution in [0.15, 0.2) is 24.3 Å². The van der Waals surface area contributed by atoms with Crippen LogP contribution in [-0.2, 0) is 4.79 Å². The minimum Gasteiger partial charge on any atom is -0.493 e. The molecule has 0 saturated carbocycles. The first-order valence-electron chi connectivity index (χ1n) is 4.79. The zero-order valence-corrected chi connectivity index (χ0v) is 8.51. The van der Waals surface area contributed by atoms with E-state index in [1.54, 1.807) is 24.3 Å². The van der Waals surface area contributed by atoms with Crippen molar-refractivity contribution in [3.63, 3.8) is 0 Å². The van der Waals surface area contributed by atoms with Crippen molar-refractivity contribution in [1.29, 1.82) is 0 Å². The molecule has 0 aliphatic rings. The molecule has 0 aliphatic heterocycles. The molecule has 1 aromatic rings. The lowest BCUT2D eigenvalue weighted by molar-refractivity contribution is -0.147. The first-order valence-corrected chi connectivity index (χ1v) is 4.79. The number of aliphatic carboxylic acids is 1. The molecule has 82 valence electrons. The third kappa shape index (κ3) is 2.95. The summed E-state index contributed by atoms with van der Waals surface area (Å²) in [5.74, 6) is -0.850. The summed E-state index contributed by atoms with van der Waals surface area (Å²) in [4.78, 5) is 10.6. The number of benzene rings is 1. The highest BCUT2D eigenvalue weighted by Gasteiger charge is 2.19. The molecule has 0 heterocycles. The van der Waals surface area contributed by atoms with Crippen LogP contribution in [0.25, 0.3) is 0 Å². The van der Waals surface area contributed by atoms with E-state index < -0.39 is 12.1 Å². The minimum atomic E-state index is -1.53. The van der Waals surface area contributed by atoms with Gasteiger partial charge >= 0.3 is 5.97 Å². The Hall–Kier alpha value is -1.55. The van der Waals surface area contributed by atoms with Gasteiger partial charge in [0.2, 0.25) is 0 Å².